The molecular formula is C13H19N5O. The zero-order valence-corrected chi connectivity index (χ0v) is 11.6. The van der Waals surface area contributed by atoms with Crippen molar-refractivity contribution in [1.82, 2.24) is 19.7 Å². The van der Waals surface area contributed by atoms with Gasteiger partial charge in [0.15, 0.2) is 5.75 Å². The molecule has 2 heterocycles. The van der Waals surface area contributed by atoms with Crippen LogP contribution in [0.4, 0.5) is 5.82 Å². The van der Waals surface area contributed by atoms with Crippen molar-refractivity contribution in [2.75, 3.05) is 12.4 Å². The molecule has 2 aromatic heterocycles. The second kappa shape index (κ2) is 6.17. The van der Waals surface area contributed by atoms with Gasteiger partial charge in [0.2, 0.25) is 5.88 Å². The molecule has 0 aliphatic rings. The van der Waals surface area contributed by atoms with Crippen molar-refractivity contribution in [2.24, 2.45) is 0 Å². The van der Waals surface area contributed by atoms with E-state index in [0.717, 1.165) is 30.8 Å². The van der Waals surface area contributed by atoms with Gasteiger partial charge in [-0.05, 0) is 13.3 Å². The number of nitrogens with one attached hydrogen (secondary N) is 1. The van der Waals surface area contributed by atoms with Crippen molar-refractivity contribution in [3.63, 3.8) is 0 Å². The molecular weight excluding hydrogens is 242 g/mol. The summed E-state index contributed by atoms with van der Waals surface area (Å²) in [7, 11) is 1.85. The van der Waals surface area contributed by atoms with Crippen LogP contribution < -0.4 is 10.1 Å². The third kappa shape index (κ3) is 3.01. The average molecular weight is 261 g/mol. The molecule has 6 nitrogen and oxygen atoms in total. The molecule has 0 atom stereocenters. The molecule has 0 saturated heterocycles. The lowest BCUT2D eigenvalue weighted by Crippen LogP contribution is -2.03. The molecule has 1 N–H and O–H groups in total. The molecule has 0 unspecified atom stereocenters. The molecule has 0 aliphatic carbocycles. The molecule has 0 fully saturated rings. The zero-order valence-electron chi connectivity index (χ0n) is 11.6. The Balaban J connectivity index is 2.27. The smallest absolute Gasteiger partial charge is 0.227 e. The first-order valence-corrected chi connectivity index (χ1v) is 6.50. The summed E-state index contributed by atoms with van der Waals surface area (Å²) >= 11 is 0. The van der Waals surface area contributed by atoms with E-state index in [-0.39, 0.29) is 0 Å². The first kappa shape index (κ1) is 13.3. The molecule has 0 radical (unpaired) electrons. The highest BCUT2D eigenvalue weighted by Gasteiger charge is 2.12. The van der Waals surface area contributed by atoms with Gasteiger partial charge in [-0.2, -0.15) is 5.10 Å². The number of aromatic nitrogens is 4. The molecule has 2 rings (SSSR count). The lowest BCUT2D eigenvalue weighted by atomic mass is 10.2. The number of hydrogen-bond acceptors (Lipinski definition) is 5. The Labute approximate surface area is 112 Å². The van der Waals surface area contributed by atoms with Gasteiger partial charge in [-0.1, -0.05) is 13.3 Å². The topological polar surface area (TPSA) is 64.9 Å². The van der Waals surface area contributed by atoms with Gasteiger partial charge in [0.05, 0.1) is 18.0 Å². The molecule has 2 aromatic rings. The minimum Gasteiger partial charge on any atom is -0.435 e. The lowest BCUT2D eigenvalue weighted by Gasteiger charge is -2.11. The second-order valence-corrected chi connectivity index (χ2v) is 4.14. The van der Waals surface area contributed by atoms with Gasteiger partial charge < -0.3 is 10.1 Å². The number of ether oxygens (including phenoxy) is 1. The minimum absolute atomic E-state index is 0.594. The molecule has 102 valence electrons. The van der Waals surface area contributed by atoms with E-state index in [2.05, 4.69) is 27.3 Å². The number of anilines is 1. The van der Waals surface area contributed by atoms with E-state index in [0.29, 0.717) is 11.6 Å². The van der Waals surface area contributed by atoms with E-state index in [1.165, 1.54) is 6.33 Å². The van der Waals surface area contributed by atoms with Crippen molar-refractivity contribution in [2.45, 2.75) is 33.2 Å². The first-order chi connectivity index (χ1) is 9.28. The standard InChI is InChI=1S/C13H19N5O/c1-4-6-11-12(14-3)15-9-16-13(11)19-10-7-17-18(5-2)8-10/h7-9H,4-6H2,1-3H3,(H,14,15,16). The van der Waals surface area contributed by atoms with Crippen molar-refractivity contribution in [3.05, 3.63) is 24.3 Å². The Morgan fingerprint density at radius 3 is 2.79 bits per heavy atom. The predicted octanol–water partition coefficient (Wildman–Crippen LogP) is 2.48. The van der Waals surface area contributed by atoms with E-state index in [4.69, 9.17) is 4.74 Å². The van der Waals surface area contributed by atoms with E-state index in [1.54, 1.807) is 6.20 Å². The monoisotopic (exact) mass is 261 g/mol. The van der Waals surface area contributed by atoms with Crippen LogP contribution in [0.25, 0.3) is 0 Å². The van der Waals surface area contributed by atoms with Crippen molar-refractivity contribution < 1.29 is 4.74 Å². The van der Waals surface area contributed by atoms with Crippen molar-refractivity contribution >= 4 is 5.82 Å². The number of nitrogens with zero attached hydrogens (tertiary/aromatic N) is 4. The van der Waals surface area contributed by atoms with Crippen LogP contribution in [0.3, 0.4) is 0 Å². The zero-order chi connectivity index (χ0) is 13.7. The fraction of sp³-hybridized carbons (Fsp3) is 0.462. The Morgan fingerprint density at radius 1 is 1.32 bits per heavy atom. The average Bonchev–Trinajstić information content (AvgIpc) is 2.88. The quantitative estimate of drug-likeness (QED) is 0.865. The number of aryl methyl sites for hydroxylation is 1. The Bertz CT molecular complexity index is 538. The highest BCUT2D eigenvalue weighted by atomic mass is 16.5. The predicted molar refractivity (Wildman–Crippen MR) is 73.5 cm³/mol. The maximum atomic E-state index is 5.81. The Morgan fingerprint density at radius 2 is 2.16 bits per heavy atom. The van der Waals surface area contributed by atoms with Crippen LogP contribution in [-0.4, -0.2) is 26.8 Å². The van der Waals surface area contributed by atoms with Crippen LogP contribution >= 0.6 is 0 Å². The number of rotatable bonds is 6. The second-order valence-electron chi connectivity index (χ2n) is 4.14. The summed E-state index contributed by atoms with van der Waals surface area (Å²) in [6.45, 7) is 4.96. The molecule has 0 aromatic carbocycles. The van der Waals surface area contributed by atoms with Crippen molar-refractivity contribution in [3.8, 4) is 11.6 Å². The molecule has 6 heteroatoms. The lowest BCUT2D eigenvalue weighted by molar-refractivity contribution is 0.453. The Kier molecular flexibility index (Phi) is 4.33. The van der Waals surface area contributed by atoms with Gasteiger partial charge in [-0.3, -0.25) is 4.68 Å². The summed E-state index contributed by atoms with van der Waals surface area (Å²) in [4.78, 5) is 8.44. The Hall–Kier alpha value is -2.11. The maximum absolute atomic E-state index is 5.81. The minimum atomic E-state index is 0.594. The van der Waals surface area contributed by atoms with Gasteiger partial charge >= 0.3 is 0 Å². The largest absolute Gasteiger partial charge is 0.435 e. The third-order valence-corrected chi connectivity index (χ3v) is 2.79. The molecule has 0 amide bonds. The summed E-state index contributed by atoms with van der Waals surface area (Å²) < 4.78 is 7.63. The molecule has 0 bridgehead atoms. The number of hydrogen-bond donors (Lipinski definition) is 1. The fourth-order valence-corrected chi connectivity index (χ4v) is 1.86. The van der Waals surface area contributed by atoms with E-state index >= 15 is 0 Å². The van der Waals surface area contributed by atoms with Gasteiger partial charge in [-0.25, -0.2) is 9.97 Å². The van der Waals surface area contributed by atoms with Gasteiger partial charge in [0, 0.05) is 13.6 Å². The van der Waals surface area contributed by atoms with Crippen LogP contribution in [-0.2, 0) is 13.0 Å². The van der Waals surface area contributed by atoms with Crippen molar-refractivity contribution in [1.29, 1.82) is 0 Å². The summed E-state index contributed by atoms with van der Waals surface area (Å²) in [5, 5.41) is 7.25. The van der Waals surface area contributed by atoms with Gasteiger partial charge in [0.1, 0.15) is 12.1 Å². The third-order valence-electron chi connectivity index (χ3n) is 2.79. The first-order valence-electron chi connectivity index (χ1n) is 6.50. The van der Waals surface area contributed by atoms with Crippen LogP contribution in [0.2, 0.25) is 0 Å². The molecule has 19 heavy (non-hydrogen) atoms. The van der Waals surface area contributed by atoms with Crippen LogP contribution in [0, 0.1) is 0 Å². The summed E-state index contributed by atoms with van der Waals surface area (Å²) in [5.74, 6) is 2.10. The molecule has 0 aliphatic heterocycles. The summed E-state index contributed by atoms with van der Waals surface area (Å²) in [6, 6.07) is 0. The van der Waals surface area contributed by atoms with Gasteiger partial charge in [0.25, 0.3) is 0 Å². The van der Waals surface area contributed by atoms with Crippen LogP contribution in [0.5, 0.6) is 11.6 Å². The highest BCUT2D eigenvalue weighted by molar-refractivity contribution is 5.49. The van der Waals surface area contributed by atoms with Crippen LogP contribution in [0.15, 0.2) is 18.7 Å². The summed E-state index contributed by atoms with van der Waals surface area (Å²) in [6.07, 6.45) is 6.93. The van der Waals surface area contributed by atoms with Gasteiger partial charge in [-0.15, -0.1) is 0 Å². The maximum Gasteiger partial charge on any atom is 0.227 e. The fourth-order valence-electron chi connectivity index (χ4n) is 1.86. The SMILES string of the molecule is CCCc1c(NC)ncnc1Oc1cnn(CC)c1. The van der Waals surface area contributed by atoms with E-state index in [1.807, 2.05) is 24.9 Å². The molecule has 0 saturated carbocycles. The highest BCUT2D eigenvalue weighted by Crippen LogP contribution is 2.27. The van der Waals surface area contributed by atoms with E-state index in [9.17, 15) is 0 Å². The molecule has 0 spiro atoms. The summed E-state index contributed by atoms with van der Waals surface area (Å²) in [5.41, 5.74) is 0.997. The van der Waals surface area contributed by atoms with Crippen LogP contribution in [0.1, 0.15) is 25.8 Å². The normalized spacial score (nSPS) is 10.5. The van der Waals surface area contributed by atoms with E-state index < -0.39 is 0 Å².